The summed E-state index contributed by atoms with van der Waals surface area (Å²) in [6.07, 6.45) is 2.64. The Morgan fingerprint density at radius 1 is 1.05 bits per heavy atom. The molecule has 0 heterocycles. The Morgan fingerprint density at radius 3 is 2.47 bits per heavy atom. The van der Waals surface area contributed by atoms with Gasteiger partial charge in [0.25, 0.3) is 0 Å². The minimum Gasteiger partial charge on any atom is -0.390 e. The maximum Gasteiger partial charge on any atom is 0.159 e. The summed E-state index contributed by atoms with van der Waals surface area (Å²) in [5, 5.41) is 4.23. The van der Waals surface area contributed by atoms with E-state index in [1.54, 1.807) is 24.3 Å². The molecule has 19 heavy (non-hydrogen) atoms. The van der Waals surface area contributed by atoms with E-state index in [0.29, 0.717) is 16.1 Å². The molecule has 0 aromatic heterocycles. The Kier molecular flexibility index (Phi) is 4.47. The second-order valence-electron chi connectivity index (χ2n) is 3.73. The van der Waals surface area contributed by atoms with Crippen molar-refractivity contribution in [3.05, 3.63) is 70.2 Å². The van der Waals surface area contributed by atoms with Gasteiger partial charge in [-0.2, -0.15) is 0 Å². The lowest BCUT2D eigenvalue weighted by molar-refractivity contribution is 0.132. The topological polar surface area (TPSA) is 21.6 Å². The smallest absolute Gasteiger partial charge is 0.159 e. The van der Waals surface area contributed by atoms with Gasteiger partial charge in [0.2, 0.25) is 0 Å². The molecule has 0 unspecified atom stereocenters. The molecule has 0 aliphatic rings. The standard InChI is InChI=1S/C14H9ClF2NO/c15-12-4-1-10(2-5-12)8-18-19-9-11-3-6-13(16)14(17)7-11/h1-7H,9H2. The average molecular weight is 281 g/mol. The van der Waals surface area contributed by atoms with Crippen molar-refractivity contribution in [2.24, 2.45) is 5.16 Å². The van der Waals surface area contributed by atoms with Crippen LogP contribution in [-0.2, 0) is 11.4 Å². The Bertz CT molecular complexity index is 584. The van der Waals surface area contributed by atoms with Crippen molar-refractivity contribution in [1.82, 2.24) is 0 Å². The van der Waals surface area contributed by atoms with Gasteiger partial charge in [0, 0.05) is 10.6 Å². The number of hydrogen-bond donors (Lipinski definition) is 0. The maximum atomic E-state index is 12.9. The summed E-state index contributed by atoms with van der Waals surface area (Å²) in [7, 11) is 0. The fourth-order valence-electron chi connectivity index (χ4n) is 1.35. The summed E-state index contributed by atoms with van der Waals surface area (Å²) in [5.41, 5.74) is 1.19. The summed E-state index contributed by atoms with van der Waals surface area (Å²) < 4.78 is 25.6. The van der Waals surface area contributed by atoms with Gasteiger partial charge in [-0.1, -0.05) is 35.0 Å². The Labute approximate surface area is 114 Å². The first-order valence-corrected chi connectivity index (χ1v) is 5.80. The summed E-state index contributed by atoms with van der Waals surface area (Å²) >= 11 is 5.72. The average Bonchev–Trinajstić information content (AvgIpc) is 2.41. The molecular formula is C14H9ClF2NO. The van der Waals surface area contributed by atoms with Crippen molar-refractivity contribution in [3.8, 4) is 0 Å². The second-order valence-corrected chi connectivity index (χ2v) is 4.17. The predicted molar refractivity (Wildman–Crippen MR) is 69.1 cm³/mol. The maximum absolute atomic E-state index is 12.9. The largest absolute Gasteiger partial charge is 0.390 e. The van der Waals surface area contributed by atoms with E-state index < -0.39 is 11.6 Å². The van der Waals surface area contributed by atoms with Crippen LogP contribution in [0, 0.1) is 11.6 Å². The van der Waals surface area contributed by atoms with Crippen LogP contribution in [-0.4, -0.2) is 6.21 Å². The predicted octanol–water partition coefficient (Wildman–Crippen LogP) is 4.05. The minimum absolute atomic E-state index is 0.0395. The molecule has 0 fully saturated rings. The van der Waals surface area contributed by atoms with Gasteiger partial charge >= 0.3 is 0 Å². The molecule has 0 N–H and O–H groups in total. The highest BCUT2D eigenvalue weighted by Gasteiger charge is 2.02. The molecule has 0 saturated carbocycles. The zero-order valence-corrected chi connectivity index (χ0v) is 10.5. The van der Waals surface area contributed by atoms with Gasteiger partial charge in [0.1, 0.15) is 12.8 Å². The van der Waals surface area contributed by atoms with Crippen LogP contribution < -0.4 is 0 Å². The zero-order valence-electron chi connectivity index (χ0n) is 9.74. The number of nitrogens with zero attached hydrogens (tertiary/aromatic N) is 1. The molecule has 0 spiro atoms. The number of halogens is 3. The Balaban J connectivity index is 1.89. The Hall–Kier alpha value is -1.94. The first-order chi connectivity index (χ1) is 9.15. The van der Waals surface area contributed by atoms with Crippen LogP contribution in [0.1, 0.15) is 11.1 Å². The lowest BCUT2D eigenvalue weighted by Crippen LogP contribution is -1.91. The molecule has 2 rings (SSSR count). The van der Waals surface area contributed by atoms with Gasteiger partial charge < -0.3 is 4.84 Å². The van der Waals surface area contributed by atoms with Gasteiger partial charge in [-0.05, 0) is 29.8 Å². The van der Waals surface area contributed by atoms with Crippen LogP contribution in [0.3, 0.4) is 0 Å². The molecule has 97 valence electrons. The van der Waals surface area contributed by atoms with Crippen molar-refractivity contribution < 1.29 is 13.6 Å². The SMILES string of the molecule is Fc1ccc(CO/N=[C]\c2ccc(Cl)cc2)cc1F. The molecule has 0 aliphatic carbocycles. The molecule has 2 aromatic rings. The van der Waals surface area contributed by atoms with Crippen LogP contribution in [0.4, 0.5) is 8.78 Å². The van der Waals surface area contributed by atoms with Crippen molar-refractivity contribution in [2.75, 3.05) is 0 Å². The molecule has 1 radical (unpaired) electrons. The summed E-state index contributed by atoms with van der Waals surface area (Å²) in [6.45, 7) is 0.0395. The van der Waals surface area contributed by atoms with Gasteiger partial charge in [0.05, 0.1) is 0 Å². The molecule has 0 aliphatic heterocycles. The first-order valence-electron chi connectivity index (χ1n) is 5.42. The van der Waals surface area contributed by atoms with Gasteiger partial charge in [-0.15, -0.1) is 0 Å². The fraction of sp³-hybridized carbons (Fsp3) is 0.0714. The molecule has 2 nitrogen and oxygen atoms in total. The van der Waals surface area contributed by atoms with E-state index in [9.17, 15) is 8.78 Å². The minimum atomic E-state index is -0.910. The first kappa shape index (κ1) is 13.5. The zero-order chi connectivity index (χ0) is 13.7. The third kappa shape index (κ3) is 4.03. The lowest BCUT2D eigenvalue weighted by atomic mass is 10.2. The monoisotopic (exact) mass is 280 g/mol. The van der Waals surface area contributed by atoms with E-state index in [2.05, 4.69) is 11.4 Å². The molecule has 2 aromatic carbocycles. The quantitative estimate of drug-likeness (QED) is 0.612. The van der Waals surface area contributed by atoms with Crippen LogP contribution in [0.25, 0.3) is 0 Å². The summed E-state index contributed by atoms with van der Waals surface area (Å²) in [4.78, 5) is 4.94. The number of hydrogen-bond acceptors (Lipinski definition) is 2. The highest BCUT2D eigenvalue weighted by atomic mass is 35.5. The summed E-state index contributed by atoms with van der Waals surface area (Å²) in [6, 6.07) is 10.4. The van der Waals surface area contributed by atoms with Crippen LogP contribution in [0.15, 0.2) is 47.6 Å². The van der Waals surface area contributed by atoms with Crippen molar-refractivity contribution in [3.63, 3.8) is 0 Å². The van der Waals surface area contributed by atoms with Crippen molar-refractivity contribution in [2.45, 2.75) is 6.61 Å². The molecule has 5 heteroatoms. The lowest BCUT2D eigenvalue weighted by Gasteiger charge is -2.00. The number of rotatable bonds is 4. The molecule has 0 saturated heterocycles. The van der Waals surface area contributed by atoms with Crippen molar-refractivity contribution in [1.29, 1.82) is 0 Å². The van der Waals surface area contributed by atoms with E-state index >= 15 is 0 Å². The van der Waals surface area contributed by atoms with E-state index in [0.717, 1.165) is 12.1 Å². The van der Waals surface area contributed by atoms with Gasteiger partial charge in [-0.3, -0.25) is 0 Å². The Morgan fingerprint density at radius 2 is 1.79 bits per heavy atom. The van der Waals surface area contributed by atoms with E-state index in [-0.39, 0.29) is 6.61 Å². The van der Waals surface area contributed by atoms with E-state index in [1.165, 1.54) is 6.07 Å². The second kappa shape index (κ2) is 6.29. The molecular weight excluding hydrogens is 272 g/mol. The third-order valence-electron chi connectivity index (χ3n) is 2.30. The number of benzene rings is 2. The molecule has 0 amide bonds. The molecule has 0 bridgehead atoms. The van der Waals surface area contributed by atoms with Crippen LogP contribution in [0.5, 0.6) is 0 Å². The van der Waals surface area contributed by atoms with E-state index in [1.807, 2.05) is 0 Å². The van der Waals surface area contributed by atoms with Gasteiger partial charge in [-0.25, -0.2) is 8.78 Å². The third-order valence-corrected chi connectivity index (χ3v) is 2.55. The highest BCUT2D eigenvalue weighted by Crippen LogP contribution is 2.10. The summed E-state index contributed by atoms with van der Waals surface area (Å²) in [5.74, 6) is -1.80. The van der Waals surface area contributed by atoms with Crippen molar-refractivity contribution >= 4 is 17.8 Å². The highest BCUT2D eigenvalue weighted by molar-refractivity contribution is 6.30. The van der Waals surface area contributed by atoms with Crippen LogP contribution >= 0.6 is 11.6 Å². The van der Waals surface area contributed by atoms with Gasteiger partial charge in [0.15, 0.2) is 11.6 Å². The van der Waals surface area contributed by atoms with E-state index in [4.69, 9.17) is 16.4 Å². The normalized spacial score (nSPS) is 10.9. The van der Waals surface area contributed by atoms with Crippen LogP contribution in [0.2, 0.25) is 5.02 Å². The fourth-order valence-corrected chi connectivity index (χ4v) is 1.47. The molecule has 0 atom stereocenters.